The monoisotopic (exact) mass is 366 g/mol. The van der Waals surface area contributed by atoms with Gasteiger partial charge in [0.2, 0.25) is 0 Å². The molecule has 0 atom stereocenters. The Morgan fingerprint density at radius 3 is 2.55 bits per heavy atom. The van der Waals surface area contributed by atoms with Crippen LogP contribution < -0.4 is 4.74 Å². The summed E-state index contributed by atoms with van der Waals surface area (Å²) in [5.74, 6) is -1.90. The third-order valence-electron chi connectivity index (χ3n) is 2.00. The van der Waals surface area contributed by atoms with Crippen molar-refractivity contribution in [1.29, 1.82) is 0 Å². The fourth-order valence-electron chi connectivity index (χ4n) is 1.19. The quantitative estimate of drug-likeness (QED) is 0.476. The predicted octanol–water partition coefficient (Wildman–Crippen LogP) is 1.42. The van der Waals surface area contributed by atoms with Gasteiger partial charge in [0.05, 0.1) is 10.0 Å². The standard InChI is InChI=1S/C11H11BrO7S/c1-7(13)19-10-6-8(2-3-9(10)12)11(14)18-4-5-20(15,16)17/h2-3,6H,4-5H2,1H3,(H,15,16,17). The maximum atomic E-state index is 11.6. The maximum absolute atomic E-state index is 11.6. The van der Waals surface area contributed by atoms with E-state index >= 15 is 0 Å². The van der Waals surface area contributed by atoms with E-state index in [0.717, 1.165) is 0 Å². The summed E-state index contributed by atoms with van der Waals surface area (Å²) in [7, 11) is -4.19. The zero-order valence-corrected chi connectivity index (χ0v) is 12.7. The number of hydrogen-bond acceptors (Lipinski definition) is 6. The molecule has 0 unspecified atom stereocenters. The summed E-state index contributed by atoms with van der Waals surface area (Å²) in [5, 5.41) is 0. The van der Waals surface area contributed by atoms with E-state index < -0.39 is 34.4 Å². The predicted molar refractivity (Wildman–Crippen MR) is 72.1 cm³/mol. The molecule has 1 N–H and O–H groups in total. The van der Waals surface area contributed by atoms with Gasteiger partial charge in [0.25, 0.3) is 10.1 Å². The van der Waals surface area contributed by atoms with E-state index in [9.17, 15) is 18.0 Å². The summed E-state index contributed by atoms with van der Waals surface area (Å²) in [6.07, 6.45) is 0. The Morgan fingerprint density at radius 2 is 2.00 bits per heavy atom. The number of carbonyl (C=O) groups excluding carboxylic acids is 2. The fraction of sp³-hybridized carbons (Fsp3) is 0.273. The van der Waals surface area contributed by atoms with Gasteiger partial charge in [-0.05, 0) is 34.1 Å². The second kappa shape index (κ2) is 6.82. The van der Waals surface area contributed by atoms with Crippen LogP contribution in [0.5, 0.6) is 5.75 Å². The van der Waals surface area contributed by atoms with Crippen molar-refractivity contribution in [1.82, 2.24) is 0 Å². The Morgan fingerprint density at radius 1 is 1.35 bits per heavy atom. The van der Waals surface area contributed by atoms with E-state index in [1.165, 1.54) is 25.1 Å². The molecule has 7 nitrogen and oxygen atoms in total. The minimum Gasteiger partial charge on any atom is -0.461 e. The summed E-state index contributed by atoms with van der Waals surface area (Å²) in [5.41, 5.74) is 0.0831. The summed E-state index contributed by atoms with van der Waals surface area (Å²) in [4.78, 5) is 22.5. The lowest BCUT2D eigenvalue weighted by Crippen LogP contribution is -2.15. The van der Waals surface area contributed by atoms with E-state index in [4.69, 9.17) is 9.29 Å². The molecular formula is C11H11BrO7S. The van der Waals surface area contributed by atoms with E-state index in [0.29, 0.717) is 4.47 Å². The third-order valence-corrected chi connectivity index (χ3v) is 3.33. The van der Waals surface area contributed by atoms with Crippen LogP contribution in [0.4, 0.5) is 0 Å². The molecule has 110 valence electrons. The van der Waals surface area contributed by atoms with E-state index in [1.807, 2.05) is 0 Å². The molecule has 20 heavy (non-hydrogen) atoms. The zero-order valence-electron chi connectivity index (χ0n) is 10.3. The van der Waals surface area contributed by atoms with Gasteiger partial charge in [-0.25, -0.2) is 4.79 Å². The number of carbonyl (C=O) groups is 2. The molecule has 0 amide bonds. The van der Waals surface area contributed by atoms with Crippen LogP contribution in [0.25, 0.3) is 0 Å². The minimum absolute atomic E-state index is 0.0831. The van der Waals surface area contributed by atoms with Gasteiger partial charge in [-0.2, -0.15) is 8.42 Å². The highest BCUT2D eigenvalue weighted by molar-refractivity contribution is 9.10. The van der Waals surface area contributed by atoms with E-state index in [-0.39, 0.29) is 11.3 Å². The number of rotatable bonds is 5. The van der Waals surface area contributed by atoms with Crippen molar-refractivity contribution in [3.63, 3.8) is 0 Å². The molecule has 9 heteroatoms. The van der Waals surface area contributed by atoms with Crippen molar-refractivity contribution >= 4 is 38.0 Å². The number of halogens is 1. The van der Waals surface area contributed by atoms with Crippen LogP contribution >= 0.6 is 15.9 Å². The number of benzene rings is 1. The average molecular weight is 367 g/mol. The van der Waals surface area contributed by atoms with Crippen LogP contribution in [-0.2, 0) is 19.6 Å². The molecule has 0 aliphatic rings. The topological polar surface area (TPSA) is 107 Å². The molecule has 0 aliphatic carbocycles. The number of esters is 2. The Labute approximate surface area is 123 Å². The molecule has 0 aromatic heterocycles. The smallest absolute Gasteiger partial charge is 0.338 e. The van der Waals surface area contributed by atoms with Crippen LogP contribution in [0, 0.1) is 0 Å². The zero-order chi connectivity index (χ0) is 15.3. The van der Waals surface area contributed by atoms with Gasteiger partial charge < -0.3 is 9.47 Å². The molecule has 1 rings (SSSR count). The van der Waals surface area contributed by atoms with E-state index in [2.05, 4.69) is 20.7 Å². The van der Waals surface area contributed by atoms with Gasteiger partial charge in [-0.1, -0.05) is 0 Å². The molecule has 0 heterocycles. The molecule has 0 fully saturated rings. The molecule has 0 saturated heterocycles. The van der Waals surface area contributed by atoms with Crippen molar-refractivity contribution in [3.05, 3.63) is 28.2 Å². The van der Waals surface area contributed by atoms with Gasteiger partial charge in [-0.15, -0.1) is 0 Å². The van der Waals surface area contributed by atoms with Crippen LogP contribution in [0.2, 0.25) is 0 Å². The number of hydrogen-bond donors (Lipinski definition) is 1. The second-order valence-electron chi connectivity index (χ2n) is 3.66. The third kappa shape index (κ3) is 5.68. The van der Waals surface area contributed by atoms with Crippen molar-refractivity contribution in [2.24, 2.45) is 0 Å². The Hall–Kier alpha value is -1.45. The first kappa shape index (κ1) is 16.6. The van der Waals surface area contributed by atoms with Crippen LogP contribution in [0.15, 0.2) is 22.7 Å². The van der Waals surface area contributed by atoms with Crippen LogP contribution in [0.1, 0.15) is 17.3 Å². The van der Waals surface area contributed by atoms with Gasteiger partial charge in [0.1, 0.15) is 18.1 Å². The molecule has 0 radical (unpaired) electrons. The first-order chi connectivity index (χ1) is 9.19. The van der Waals surface area contributed by atoms with Crippen molar-refractivity contribution in [2.45, 2.75) is 6.92 Å². The SMILES string of the molecule is CC(=O)Oc1cc(C(=O)OCCS(=O)(=O)O)ccc1Br. The molecule has 0 bridgehead atoms. The number of ether oxygens (including phenoxy) is 2. The fourth-order valence-corrected chi connectivity index (χ4v) is 1.81. The molecule has 0 spiro atoms. The summed E-state index contributed by atoms with van der Waals surface area (Å²) >= 11 is 3.15. The van der Waals surface area contributed by atoms with Crippen LogP contribution in [0.3, 0.4) is 0 Å². The first-order valence-corrected chi connectivity index (χ1v) is 7.69. The highest BCUT2D eigenvalue weighted by Gasteiger charge is 2.13. The van der Waals surface area contributed by atoms with Gasteiger partial charge in [-0.3, -0.25) is 9.35 Å². The van der Waals surface area contributed by atoms with E-state index in [1.54, 1.807) is 0 Å². The Balaban J connectivity index is 2.76. The lowest BCUT2D eigenvalue weighted by atomic mass is 10.2. The average Bonchev–Trinajstić information content (AvgIpc) is 2.29. The van der Waals surface area contributed by atoms with Crippen LogP contribution in [-0.4, -0.2) is 37.3 Å². The molecule has 1 aromatic carbocycles. The second-order valence-corrected chi connectivity index (χ2v) is 6.09. The summed E-state index contributed by atoms with van der Waals surface area (Å²) in [6, 6.07) is 4.17. The summed E-state index contributed by atoms with van der Waals surface area (Å²) in [6.45, 7) is 0.736. The maximum Gasteiger partial charge on any atom is 0.338 e. The minimum atomic E-state index is -4.19. The lowest BCUT2D eigenvalue weighted by molar-refractivity contribution is -0.131. The van der Waals surface area contributed by atoms with Gasteiger partial charge in [0.15, 0.2) is 0 Å². The molecular weight excluding hydrogens is 356 g/mol. The van der Waals surface area contributed by atoms with Gasteiger partial charge >= 0.3 is 11.9 Å². The normalized spacial score (nSPS) is 10.9. The molecule has 0 saturated carbocycles. The largest absolute Gasteiger partial charge is 0.461 e. The Bertz CT molecular complexity index is 624. The summed E-state index contributed by atoms with van der Waals surface area (Å²) < 4.78 is 39.4. The van der Waals surface area contributed by atoms with Crippen molar-refractivity contribution in [2.75, 3.05) is 12.4 Å². The van der Waals surface area contributed by atoms with Crippen molar-refractivity contribution in [3.8, 4) is 5.75 Å². The lowest BCUT2D eigenvalue weighted by Gasteiger charge is -2.07. The van der Waals surface area contributed by atoms with Crippen molar-refractivity contribution < 1.29 is 32.0 Å². The molecule has 1 aromatic rings. The first-order valence-electron chi connectivity index (χ1n) is 5.29. The Kier molecular flexibility index (Phi) is 5.66. The highest BCUT2D eigenvalue weighted by Crippen LogP contribution is 2.26. The van der Waals surface area contributed by atoms with Gasteiger partial charge in [0, 0.05) is 6.92 Å². The molecule has 0 aliphatic heterocycles. The highest BCUT2D eigenvalue weighted by atomic mass is 79.9.